The normalized spacial score (nSPS) is 17.8. The third-order valence-electron chi connectivity index (χ3n) is 4.11. The molecule has 0 saturated carbocycles. The smallest absolute Gasteiger partial charge is 0.0796 e. The quantitative estimate of drug-likeness (QED) is 0.836. The summed E-state index contributed by atoms with van der Waals surface area (Å²) >= 11 is 0. The van der Waals surface area contributed by atoms with Crippen molar-refractivity contribution in [1.82, 2.24) is 0 Å². The van der Waals surface area contributed by atoms with E-state index in [1.807, 2.05) is 0 Å². The van der Waals surface area contributed by atoms with Gasteiger partial charge in [-0.25, -0.2) is 0 Å². The Hall–Kier alpha value is -1.60. The topological polar surface area (TPSA) is 20.2 Å². The zero-order chi connectivity index (χ0) is 13.4. The summed E-state index contributed by atoms with van der Waals surface area (Å²) in [5.41, 5.74) is 6.47. The van der Waals surface area contributed by atoms with Gasteiger partial charge in [0.05, 0.1) is 6.10 Å². The standard InChI is InChI=1S/C18H20O/c1-12(2)13-6-3-4-7-14(13)15-8-5-9-17-16(15)10-11-18(17)19/h3-9,12,18-19H,10-11H2,1-2H3/t18-/m0/s1. The summed E-state index contributed by atoms with van der Waals surface area (Å²) in [5.74, 6) is 0.512. The second-order valence-electron chi connectivity index (χ2n) is 5.67. The van der Waals surface area contributed by atoms with Crippen molar-refractivity contribution in [3.8, 4) is 11.1 Å². The van der Waals surface area contributed by atoms with Gasteiger partial charge in [0.1, 0.15) is 0 Å². The Kier molecular flexibility index (Phi) is 3.16. The summed E-state index contributed by atoms with van der Waals surface area (Å²) < 4.78 is 0. The molecule has 1 nitrogen and oxygen atoms in total. The van der Waals surface area contributed by atoms with E-state index in [-0.39, 0.29) is 6.10 Å². The lowest BCUT2D eigenvalue weighted by Gasteiger charge is -2.16. The van der Waals surface area contributed by atoms with E-state index in [0.717, 1.165) is 18.4 Å². The number of hydrogen-bond donors (Lipinski definition) is 1. The minimum absolute atomic E-state index is 0.277. The van der Waals surface area contributed by atoms with E-state index in [1.165, 1.54) is 22.3 Å². The van der Waals surface area contributed by atoms with Crippen LogP contribution in [-0.4, -0.2) is 5.11 Å². The molecule has 0 spiro atoms. The van der Waals surface area contributed by atoms with Crippen LogP contribution in [0.25, 0.3) is 11.1 Å². The van der Waals surface area contributed by atoms with Crippen LogP contribution in [0.2, 0.25) is 0 Å². The summed E-state index contributed by atoms with van der Waals surface area (Å²) in [5, 5.41) is 10.0. The highest BCUT2D eigenvalue weighted by molar-refractivity contribution is 5.73. The first-order chi connectivity index (χ1) is 9.18. The first-order valence-corrected chi connectivity index (χ1v) is 7.07. The molecule has 0 aromatic heterocycles. The molecule has 0 fully saturated rings. The highest BCUT2D eigenvalue weighted by Gasteiger charge is 2.23. The van der Waals surface area contributed by atoms with E-state index in [9.17, 15) is 5.11 Å². The Morgan fingerprint density at radius 3 is 2.53 bits per heavy atom. The molecule has 98 valence electrons. The maximum absolute atomic E-state index is 10.0. The van der Waals surface area contributed by atoms with Crippen LogP contribution >= 0.6 is 0 Å². The molecule has 3 rings (SSSR count). The van der Waals surface area contributed by atoms with Gasteiger partial charge in [0.25, 0.3) is 0 Å². The van der Waals surface area contributed by atoms with Crippen LogP contribution < -0.4 is 0 Å². The van der Waals surface area contributed by atoms with E-state index in [4.69, 9.17) is 0 Å². The highest BCUT2D eigenvalue weighted by Crippen LogP contribution is 2.39. The van der Waals surface area contributed by atoms with Crippen molar-refractivity contribution in [2.45, 2.75) is 38.7 Å². The lowest BCUT2D eigenvalue weighted by molar-refractivity contribution is 0.180. The molecule has 1 atom stereocenters. The Bertz CT molecular complexity index is 598. The summed E-state index contributed by atoms with van der Waals surface area (Å²) in [7, 11) is 0. The Morgan fingerprint density at radius 1 is 1.00 bits per heavy atom. The Labute approximate surface area is 114 Å². The van der Waals surface area contributed by atoms with Gasteiger partial charge in [-0.05, 0) is 46.6 Å². The van der Waals surface area contributed by atoms with Crippen LogP contribution in [-0.2, 0) is 6.42 Å². The Balaban J connectivity index is 2.19. The minimum atomic E-state index is -0.277. The number of hydrogen-bond acceptors (Lipinski definition) is 1. The molecule has 0 unspecified atom stereocenters. The molecule has 0 bridgehead atoms. The van der Waals surface area contributed by atoms with Gasteiger partial charge < -0.3 is 5.11 Å². The maximum Gasteiger partial charge on any atom is 0.0796 e. The summed E-state index contributed by atoms with van der Waals surface area (Å²) in [4.78, 5) is 0. The lowest BCUT2D eigenvalue weighted by atomic mass is 9.89. The predicted octanol–water partition coefficient (Wildman–Crippen LogP) is 4.46. The summed E-state index contributed by atoms with van der Waals surface area (Å²) in [6, 6.07) is 15.0. The molecule has 0 saturated heterocycles. The van der Waals surface area contributed by atoms with Crippen molar-refractivity contribution in [3.63, 3.8) is 0 Å². The number of aliphatic hydroxyl groups excluding tert-OH is 1. The first kappa shape index (κ1) is 12.4. The van der Waals surface area contributed by atoms with Gasteiger partial charge >= 0.3 is 0 Å². The molecular weight excluding hydrogens is 232 g/mol. The van der Waals surface area contributed by atoms with Crippen LogP contribution in [0.5, 0.6) is 0 Å². The van der Waals surface area contributed by atoms with Gasteiger partial charge in [-0.15, -0.1) is 0 Å². The van der Waals surface area contributed by atoms with Crippen molar-refractivity contribution in [2.75, 3.05) is 0 Å². The van der Waals surface area contributed by atoms with Crippen LogP contribution in [0.1, 0.15) is 49.0 Å². The fourth-order valence-corrected chi connectivity index (χ4v) is 3.13. The van der Waals surface area contributed by atoms with Gasteiger partial charge in [0.15, 0.2) is 0 Å². The van der Waals surface area contributed by atoms with Crippen LogP contribution in [0.3, 0.4) is 0 Å². The van der Waals surface area contributed by atoms with Crippen LogP contribution in [0.15, 0.2) is 42.5 Å². The highest BCUT2D eigenvalue weighted by atomic mass is 16.3. The van der Waals surface area contributed by atoms with Crippen LogP contribution in [0.4, 0.5) is 0 Å². The van der Waals surface area contributed by atoms with Crippen molar-refractivity contribution in [3.05, 3.63) is 59.2 Å². The molecule has 0 aliphatic heterocycles. The molecule has 0 amide bonds. The zero-order valence-corrected chi connectivity index (χ0v) is 11.6. The van der Waals surface area contributed by atoms with E-state index in [0.29, 0.717) is 5.92 Å². The Morgan fingerprint density at radius 2 is 1.74 bits per heavy atom. The average molecular weight is 252 g/mol. The molecule has 2 aromatic carbocycles. The number of benzene rings is 2. The number of aliphatic hydroxyl groups is 1. The summed E-state index contributed by atoms with van der Waals surface area (Å²) in [6.07, 6.45) is 1.57. The van der Waals surface area contributed by atoms with Gasteiger partial charge in [-0.1, -0.05) is 56.3 Å². The third-order valence-corrected chi connectivity index (χ3v) is 4.11. The van der Waals surface area contributed by atoms with Crippen molar-refractivity contribution in [1.29, 1.82) is 0 Å². The fourth-order valence-electron chi connectivity index (χ4n) is 3.13. The molecule has 0 radical (unpaired) electrons. The largest absolute Gasteiger partial charge is 0.388 e. The van der Waals surface area contributed by atoms with Crippen LogP contribution in [0, 0.1) is 0 Å². The lowest BCUT2D eigenvalue weighted by Crippen LogP contribution is -1.96. The molecule has 1 aliphatic rings. The van der Waals surface area contributed by atoms with Gasteiger partial charge in [-0.2, -0.15) is 0 Å². The molecule has 19 heavy (non-hydrogen) atoms. The van der Waals surface area contributed by atoms with E-state index in [2.05, 4.69) is 56.3 Å². The van der Waals surface area contributed by atoms with E-state index in [1.54, 1.807) is 0 Å². The minimum Gasteiger partial charge on any atom is -0.388 e. The number of fused-ring (bicyclic) bond motifs is 1. The van der Waals surface area contributed by atoms with Crippen molar-refractivity contribution >= 4 is 0 Å². The van der Waals surface area contributed by atoms with Crippen molar-refractivity contribution < 1.29 is 5.11 Å². The SMILES string of the molecule is CC(C)c1ccccc1-c1cccc2c1CC[C@@H]2O. The van der Waals surface area contributed by atoms with Gasteiger partial charge in [-0.3, -0.25) is 0 Å². The zero-order valence-electron chi connectivity index (χ0n) is 11.6. The molecule has 1 N–H and O–H groups in total. The molecule has 1 heteroatoms. The number of rotatable bonds is 2. The van der Waals surface area contributed by atoms with Crippen molar-refractivity contribution in [2.24, 2.45) is 0 Å². The second-order valence-corrected chi connectivity index (χ2v) is 5.67. The molecule has 2 aromatic rings. The second kappa shape index (κ2) is 4.82. The molecule has 0 heterocycles. The van der Waals surface area contributed by atoms with Gasteiger partial charge in [0.2, 0.25) is 0 Å². The van der Waals surface area contributed by atoms with Gasteiger partial charge in [0, 0.05) is 0 Å². The van der Waals surface area contributed by atoms with E-state index < -0.39 is 0 Å². The maximum atomic E-state index is 10.0. The van der Waals surface area contributed by atoms with E-state index >= 15 is 0 Å². The molecular formula is C18H20O. The first-order valence-electron chi connectivity index (χ1n) is 7.07. The monoisotopic (exact) mass is 252 g/mol. The fraction of sp³-hybridized carbons (Fsp3) is 0.333. The predicted molar refractivity (Wildman–Crippen MR) is 79.2 cm³/mol. The molecule has 1 aliphatic carbocycles. The third kappa shape index (κ3) is 2.08. The average Bonchev–Trinajstić information content (AvgIpc) is 2.81. The summed E-state index contributed by atoms with van der Waals surface area (Å²) in [6.45, 7) is 4.47.